The molecule has 130 valence electrons. The molecule has 1 unspecified atom stereocenters. The molecule has 0 rings (SSSR count). The fraction of sp³-hybridized carbons (Fsp3) is 0.800. The van der Waals surface area contributed by atoms with Crippen molar-refractivity contribution < 1.29 is 5.11 Å². The van der Waals surface area contributed by atoms with Gasteiger partial charge in [-0.15, -0.1) is 0 Å². The number of aliphatic hydroxyl groups is 1. The van der Waals surface area contributed by atoms with Crippen LogP contribution in [0.2, 0.25) is 13.3 Å². The zero-order valence-corrected chi connectivity index (χ0v) is 18.5. The van der Waals surface area contributed by atoms with Crippen LogP contribution in [0.15, 0.2) is 22.3 Å². The zero-order chi connectivity index (χ0) is 16.7. The van der Waals surface area contributed by atoms with Crippen LogP contribution in [-0.4, -0.2) is 29.6 Å². The van der Waals surface area contributed by atoms with Gasteiger partial charge in [-0.05, 0) is 0 Å². The summed E-state index contributed by atoms with van der Waals surface area (Å²) in [4.78, 5) is 0. The molecule has 0 aliphatic heterocycles. The van der Waals surface area contributed by atoms with Crippen LogP contribution in [0, 0.1) is 0 Å². The van der Waals surface area contributed by atoms with Gasteiger partial charge >= 0.3 is 144 Å². The standard InChI is InChI=1S/C8H13O.3C4H9.Sn/c1-3-5-6-7-8(9)4-2;3*1-3-4-2;/h2,4-6,8-9H,3,7H2,1H3;3*1,3-4H2,2H3;/b4-2?,6-5-;;;;. The van der Waals surface area contributed by atoms with Gasteiger partial charge in [0, 0.05) is 0 Å². The van der Waals surface area contributed by atoms with Crippen LogP contribution in [0.3, 0.4) is 0 Å². The van der Waals surface area contributed by atoms with Gasteiger partial charge in [-0.1, -0.05) is 0 Å². The van der Waals surface area contributed by atoms with Crippen LogP contribution in [0.5, 0.6) is 0 Å². The second-order valence-electron chi connectivity index (χ2n) is 6.71. The summed E-state index contributed by atoms with van der Waals surface area (Å²) in [7, 11) is 0. The molecule has 0 fully saturated rings. The van der Waals surface area contributed by atoms with Gasteiger partial charge in [0.05, 0.1) is 0 Å². The molecule has 0 spiro atoms. The molecule has 0 aromatic rings. The molecule has 0 bridgehead atoms. The van der Waals surface area contributed by atoms with E-state index in [1.54, 1.807) is 0 Å². The van der Waals surface area contributed by atoms with Crippen LogP contribution in [0.4, 0.5) is 0 Å². The van der Waals surface area contributed by atoms with E-state index in [0.29, 0.717) is 0 Å². The molecular weight excluding hydrogens is 375 g/mol. The number of allylic oxidation sites excluding steroid dienone is 1. The van der Waals surface area contributed by atoms with E-state index in [4.69, 9.17) is 0 Å². The van der Waals surface area contributed by atoms with Crippen molar-refractivity contribution >= 4 is 18.4 Å². The van der Waals surface area contributed by atoms with Crippen LogP contribution in [0.25, 0.3) is 0 Å². The first-order valence-corrected chi connectivity index (χ1v) is 17.4. The van der Waals surface area contributed by atoms with Crippen LogP contribution in [-0.2, 0) is 0 Å². The number of rotatable bonds is 14. The SMILES string of the molecule is CC/C=C\CC(O)/C=[CH]/[Sn]([CH2]CCC)([CH2]CCC)[CH2]CCC. The van der Waals surface area contributed by atoms with Crippen molar-refractivity contribution in [3.8, 4) is 0 Å². The maximum absolute atomic E-state index is 10.2. The minimum absolute atomic E-state index is 0.274. The predicted molar refractivity (Wildman–Crippen MR) is 104 cm³/mol. The molecular formula is C20H40OSn. The number of aliphatic hydroxyl groups excluding tert-OH is 1. The van der Waals surface area contributed by atoms with Crippen molar-refractivity contribution in [1.29, 1.82) is 0 Å². The van der Waals surface area contributed by atoms with Gasteiger partial charge in [-0.25, -0.2) is 0 Å². The van der Waals surface area contributed by atoms with E-state index in [0.717, 1.165) is 12.8 Å². The quantitative estimate of drug-likeness (QED) is 0.249. The molecule has 0 heterocycles. The Morgan fingerprint density at radius 1 is 0.818 bits per heavy atom. The molecule has 0 aliphatic carbocycles. The van der Waals surface area contributed by atoms with Crippen LogP contribution < -0.4 is 0 Å². The van der Waals surface area contributed by atoms with E-state index in [1.165, 1.54) is 51.8 Å². The third kappa shape index (κ3) is 10.9. The average molecular weight is 415 g/mol. The summed E-state index contributed by atoms with van der Waals surface area (Å²) in [6, 6.07) is 0. The third-order valence-electron chi connectivity index (χ3n) is 4.54. The molecule has 1 atom stereocenters. The molecule has 0 radical (unpaired) electrons. The second kappa shape index (κ2) is 14.8. The van der Waals surface area contributed by atoms with Crippen LogP contribution >= 0.6 is 0 Å². The maximum atomic E-state index is 10.2. The monoisotopic (exact) mass is 416 g/mol. The average Bonchev–Trinajstić information content (AvgIpc) is 2.54. The zero-order valence-electron chi connectivity index (χ0n) is 15.6. The molecule has 0 saturated heterocycles. The van der Waals surface area contributed by atoms with Gasteiger partial charge in [-0.2, -0.15) is 0 Å². The number of unbranched alkanes of at least 4 members (excludes halogenated alkanes) is 3. The Morgan fingerprint density at radius 2 is 1.32 bits per heavy atom. The molecule has 1 nitrogen and oxygen atoms in total. The molecule has 0 aromatic carbocycles. The summed E-state index contributed by atoms with van der Waals surface area (Å²) in [5.41, 5.74) is 0. The van der Waals surface area contributed by atoms with Gasteiger partial charge < -0.3 is 0 Å². The Balaban J connectivity index is 4.85. The van der Waals surface area contributed by atoms with Gasteiger partial charge in [0.15, 0.2) is 0 Å². The first-order valence-electron chi connectivity index (χ1n) is 9.66. The Hall–Kier alpha value is 0.239. The third-order valence-corrected chi connectivity index (χ3v) is 18.7. The van der Waals surface area contributed by atoms with E-state index in [2.05, 4.69) is 50.0 Å². The Morgan fingerprint density at radius 3 is 1.73 bits per heavy atom. The number of hydrogen-bond acceptors (Lipinski definition) is 1. The molecule has 0 saturated carbocycles. The fourth-order valence-electron chi connectivity index (χ4n) is 3.01. The molecule has 0 amide bonds. The van der Waals surface area contributed by atoms with E-state index in [9.17, 15) is 5.11 Å². The summed E-state index contributed by atoms with van der Waals surface area (Å²) in [5, 5.41) is 10.2. The summed E-state index contributed by atoms with van der Waals surface area (Å²) < 4.78 is 7.04. The molecule has 2 heteroatoms. The van der Waals surface area contributed by atoms with Crippen molar-refractivity contribution in [2.45, 2.75) is 98.5 Å². The predicted octanol–water partition coefficient (Wildman–Crippen LogP) is 6.65. The molecule has 0 aromatic heterocycles. The second-order valence-corrected chi connectivity index (χ2v) is 19.7. The van der Waals surface area contributed by atoms with Crippen molar-refractivity contribution in [3.05, 3.63) is 22.3 Å². The summed E-state index contributed by atoms with van der Waals surface area (Å²) in [6.07, 6.45) is 16.1. The first kappa shape index (κ1) is 22.2. The summed E-state index contributed by atoms with van der Waals surface area (Å²) in [5.74, 6) is 0. The van der Waals surface area contributed by atoms with E-state index >= 15 is 0 Å². The normalized spacial score (nSPS) is 14.2. The van der Waals surface area contributed by atoms with Gasteiger partial charge in [0.2, 0.25) is 0 Å². The van der Waals surface area contributed by atoms with Crippen molar-refractivity contribution in [2.75, 3.05) is 0 Å². The molecule has 22 heavy (non-hydrogen) atoms. The summed E-state index contributed by atoms with van der Waals surface area (Å²) >= 11 is -2.18. The summed E-state index contributed by atoms with van der Waals surface area (Å²) in [6.45, 7) is 9.07. The first-order chi connectivity index (χ1) is 10.6. The van der Waals surface area contributed by atoms with E-state index in [-0.39, 0.29) is 6.10 Å². The van der Waals surface area contributed by atoms with E-state index < -0.39 is 18.4 Å². The number of hydrogen-bond donors (Lipinski definition) is 1. The van der Waals surface area contributed by atoms with Crippen molar-refractivity contribution in [3.63, 3.8) is 0 Å². The van der Waals surface area contributed by atoms with Gasteiger partial charge in [0.25, 0.3) is 0 Å². The van der Waals surface area contributed by atoms with E-state index in [1.807, 2.05) is 0 Å². The van der Waals surface area contributed by atoms with Gasteiger partial charge in [-0.3, -0.25) is 0 Å². The fourth-order valence-corrected chi connectivity index (χ4v) is 17.4. The van der Waals surface area contributed by atoms with Crippen molar-refractivity contribution in [2.24, 2.45) is 0 Å². The molecule has 1 N–H and O–H groups in total. The van der Waals surface area contributed by atoms with Crippen LogP contribution in [0.1, 0.15) is 79.1 Å². The topological polar surface area (TPSA) is 20.2 Å². The minimum atomic E-state index is -2.18. The Labute approximate surface area is 144 Å². The molecule has 0 aliphatic rings. The Kier molecular flexibility index (Phi) is 15.0. The van der Waals surface area contributed by atoms with Gasteiger partial charge in [0.1, 0.15) is 0 Å². The Bertz CT molecular complexity index is 274. The van der Waals surface area contributed by atoms with Crippen molar-refractivity contribution in [1.82, 2.24) is 0 Å².